The van der Waals surface area contributed by atoms with Gasteiger partial charge in [-0.15, -0.1) is 6.58 Å². The zero-order valence-corrected chi connectivity index (χ0v) is 36.5. The van der Waals surface area contributed by atoms with Gasteiger partial charge in [-0.2, -0.15) is 0 Å². The summed E-state index contributed by atoms with van der Waals surface area (Å²) in [6.07, 6.45) is 4.34. The number of Topliss-reactive ketones (excluding diaryl/α,β-unsaturated/α-hetero) is 2. The maximum absolute atomic E-state index is 16.9. The van der Waals surface area contributed by atoms with Crippen LogP contribution in [0.1, 0.15) is 87.5 Å². The van der Waals surface area contributed by atoms with Gasteiger partial charge in [0.1, 0.15) is 18.0 Å². The van der Waals surface area contributed by atoms with Gasteiger partial charge in [0.05, 0.1) is 35.9 Å². The van der Waals surface area contributed by atoms with Gasteiger partial charge in [0.2, 0.25) is 0 Å². The largest absolute Gasteiger partial charge is 0.455 e. The molecule has 5 heterocycles. The van der Waals surface area contributed by atoms with E-state index in [1.54, 1.807) is 59.4 Å². The molecule has 0 radical (unpaired) electrons. The molecule has 2 aromatic heterocycles. The Labute approximate surface area is 352 Å². The van der Waals surface area contributed by atoms with Gasteiger partial charge in [-0.1, -0.05) is 33.8 Å². The zero-order chi connectivity index (χ0) is 44.2. The van der Waals surface area contributed by atoms with Crippen molar-refractivity contribution in [2.75, 3.05) is 20.2 Å². The second-order valence-corrected chi connectivity index (χ2v) is 17.3. The number of aryl methyl sites for hydroxylation is 1. The molecule has 0 bridgehead atoms. The third-order valence-electron chi connectivity index (χ3n) is 12.7. The van der Waals surface area contributed by atoms with Crippen LogP contribution in [0.25, 0.3) is 11.3 Å². The second kappa shape index (κ2) is 19.3. The number of hydrogen-bond acceptors (Lipinski definition) is 13. The highest BCUT2D eigenvalue weighted by Gasteiger charge is 2.61. The summed E-state index contributed by atoms with van der Waals surface area (Å²) in [6, 6.07) is 2.38. The number of amides is 1. The molecule has 1 amide bonds. The van der Waals surface area contributed by atoms with Crippen molar-refractivity contribution >= 4 is 23.6 Å². The normalized spacial score (nSPS) is 37.0. The minimum Gasteiger partial charge on any atom is -0.455 e. The van der Waals surface area contributed by atoms with Gasteiger partial charge in [0.25, 0.3) is 5.67 Å². The molecule has 13 atom stereocenters. The van der Waals surface area contributed by atoms with Gasteiger partial charge in [-0.05, 0) is 71.9 Å². The number of nitrogens with zero attached hydrogens (tertiary/aromatic N) is 4. The van der Waals surface area contributed by atoms with E-state index in [4.69, 9.17) is 23.7 Å². The number of nitrogens with one attached hydrogen (secondary N) is 1. The van der Waals surface area contributed by atoms with Crippen LogP contribution in [0.4, 0.5) is 9.18 Å². The highest BCUT2D eigenvalue weighted by atomic mass is 19.1. The van der Waals surface area contributed by atoms with E-state index < -0.39 is 89.2 Å². The number of carbonyl (C=O) groups is 4. The van der Waals surface area contributed by atoms with Gasteiger partial charge >= 0.3 is 12.1 Å². The number of alkyl halides is 1. The maximum atomic E-state index is 16.9. The van der Waals surface area contributed by atoms with E-state index in [1.165, 1.54) is 18.9 Å². The van der Waals surface area contributed by atoms with Crippen LogP contribution in [0.3, 0.4) is 0 Å². The van der Waals surface area contributed by atoms with E-state index in [2.05, 4.69) is 21.9 Å². The molecule has 2 N–H and O–H groups in total. The monoisotopic (exact) mass is 841 g/mol. The standard InChI is InChI=1S/C44H64FN5O10/c1-11-17-47-31-21-27(4)57-39(35(31)52)59-38-29(6)37(53)43(8,45)40(54)58-33(12-2)44(9)36(28(5)34(51)26(3)22-42(38,7)56-10)50(41(55)60-44)20-14-13-19-49-24-32(48-25-49)30-16-15-18-46-23-30/h11,15-16,18,23-29,31,33,35-36,38-39,47,52H,1,12-14,17,19-22H2,2-10H3/t26-,27-,28+,29+,31+,33-,35+,36?,38-,39+,42-,43+,44-/m1/s1. The fourth-order valence-electron chi connectivity index (χ4n) is 9.38. The molecule has 15 nitrogen and oxygen atoms in total. The Morgan fingerprint density at radius 2 is 1.82 bits per heavy atom. The van der Waals surface area contributed by atoms with Crippen molar-refractivity contribution in [1.29, 1.82) is 0 Å². The molecule has 5 rings (SSSR count). The average molecular weight is 842 g/mol. The summed E-state index contributed by atoms with van der Waals surface area (Å²) in [4.78, 5) is 66.9. The first-order chi connectivity index (χ1) is 28.3. The molecular weight excluding hydrogens is 778 g/mol. The second-order valence-electron chi connectivity index (χ2n) is 17.3. The minimum absolute atomic E-state index is 0.0136. The number of aliphatic hydroxyl groups is 1. The molecule has 0 aromatic carbocycles. The van der Waals surface area contributed by atoms with Crippen molar-refractivity contribution in [3.8, 4) is 11.3 Å². The van der Waals surface area contributed by atoms with Crippen LogP contribution in [0.5, 0.6) is 0 Å². The van der Waals surface area contributed by atoms with Gasteiger partial charge in [-0.25, -0.2) is 19.0 Å². The van der Waals surface area contributed by atoms with E-state index in [0.717, 1.165) is 18.2 Å². The van der Waals surface area contributed by atoms with Crippen molar-refractivity contribution in [3.63, 3.8) is 0 Å². The van der Waals surface area contributed by atoms with Crippen LogP contribution in [0.15, 0.2) is 49.7 Å². The van der Waals surface area contributed by atoms with E-state index in [1.807, 2.05) is 29.8 Å². The summed E-state index contributed by atoms with van der Waals surface area (Å²) in [7, 11) is 1.40. The fourth-order valence-corrected chi connectivity index (χ4v) is 9.38. The lowest BCUT2D eigenvalue weighted by molar-refractivity contribution is -0.290. The number of esters is 1. The van der Waals surface area contributed by atoms with Crippen molar-refractivity contribution in [2.45, 2.75) is 154 Å². The van der Waals surface area contributed by atoms with Gasteiger partial charge in [-0.3, -0.25) is 14.6 Å². The van der Waals surface area contributed by atoms with Crippen LogP contribution in [-0.2, 0) is 44.6 Å². The van der Waals surface area contributed by atoms with Crippen molar-refractivity contribution in [3.05, 3.63) is 49.7 Å². The number of carbonyl (C=O) groups excluding carboxylic acids is 4. The first-order valence-corrected chi connectivity index (χ1v) is 21.1. The minimum atomic E-state index is -3.19. The van der Waals surface area contributed by atoms with Crippen molar-refractivity contribution < 1.29 is 52.4 Å². The third-order valence-corrected chi connectivity index (χ3v) is 12.7. The van der Waals surface area contributed by atoms with Crippen LogP contribution >= 0.6 is 0 Å². The van der Waals surface area contributed by atoms with Crippen LogP contribution in [0, 0.1) is 17.8 Å². The summed E-state index contributed by atoms with van der Waals surface area (Å²) in [5.74, 6) is -5.85. The number of aliphatic hydroxyl groups excluding tert-OH is 1. The number of aromatic nitrogens is 3. The molecule has 0 spiro atoms. The maximum Gasteiger partial charge on any atom is 0.410 e. The number of hydrogen-bond donors (Lipinski definition) is 2. The highest BCUT2D eigenvalue weighted by Crippen LogP contribution is 2.43. The Kier molecular flexibility index (Phi) is 15.1. The van der Waals surface area contributed by atoms with Gasteiger partial charge in [0, 0.05) is 74.7 Å². The Balaban J connectivity index is 1.45. The topological polar surface area (TPSA) is 181 Å². The van der Waals surface area contributed by atoms with Crippen LogP contribution < -0.4 is 5.32 Å². The number of imidazole rings is 1. The first-order valence-electron chi connectivity index (χ1n) is 21.1. The SMILES string of the molecule is C=CCN[C@H]1C[C@@H](C)O[C@@H](O[C@@H]2[C@@H](C)C(=O)[C@](C)(F)C(=O)O[C@H](CC)[C@@]3(C)OC(=O)N(CCCCn4cnc(-c5cccnc5)c4)C3[C@@H](C)C(=O)[C@H](C)C[C@@]2(C)OC)[C@H]1O. The van der Waals surface area contributed by atoms with E-state index in [0.29, 0.717) is 32.4 Å². The highest BCUT2D eigenvalue weighted by molar-refractivity contribution is 6.08. The third kappa shape index (κ3) is 9.67. The summed E-state index contributed by atoms with van der Waals surface area (Å²) < 4.78 is 49.4. The molecule has 16 heteroatoms. The van der Waals surface area contributed by atoms with Crippen molar-refractivity contribution in [1.82, 2.24) is 24.8 Å². The predicted molar refractivity (Wildman–Crippen MR) is 219 cm³/mol. The molecule has 3 aliphatic rings. The first kappa shape index (κ1) is 47.0. The number of halogens is 1. The molecule has 0 aliphatic carbocycles. The predicted octanol–water partition coefficient (Wildman–Crippen LogP) is 5.24. The molecule has 332 valence electrons. The molecular formula is C44H64FN5O10. The number of ether oxygens (including phenoxy) is 5. The van der Waals surface area contributed by atoms with E-state index >= 15 is 4.39 Å². The quantitative estimate of drug-likeness (QED) is 0.116. The number of pyridine rings is 1. The summed E-state index contributed by atoms with van der Waals surface area (Å²) >= 11 is 0. The van der Waals surface area contributed by atoms with Gasteiger partial charge in [0.15, 0.2) is 17.7 Å². The molecule has 0 saturated carbocycles. The Hall–Kier alpha value is -4.09. The summed E-state index contributed by atoms with van der Waals surface area (Å²) in [5, 5.41) is 14.6. The Bertz CT molecular complexity index is 1830. The lowest BCUT2D eigenvalue weighted by Crippen LogP contribution is -2.62. The number of ketones is 2. The van der Waals surface area contributed by atoms with Crippen LogP contribution in [0.2, 0.25) is 0 Å². The molecule has 2 aromatic rings. The number of fused-ring (bicyclic) bond motifs is 1. The Morgan fingerprint density at radius 1 is 1.10 bits per heavy atom. The molecule has 3 saturated heterocycles. The molecule has 3 fully saturated rings. The smallest absolute Gasteiger partial charge is 0.410 e. The molecule has 1 unspecified atom stereocenters. The van der Waals surface area contributed by atoms with Crippen LogP contribution in [-0.4, -0.2) is 128 Å². The zero-order valence-electron chi connectivity index (χ0n) is 36.5. The van der Waals surface area contributed by atoms with E-state index in [-0.39, 0.29) is 31.3 Å². The molecule has 60 heavy (non-hydrogen) atoms. The van der Waals surface area contributed by atoms with Gasteiger partial charge < -0.3 is 43.6 Å². The lowest BCUT2D eigenvalue weighted by Gasteiger charge is -2.46. The summed E-state index contributed by atoms with van der Waals surface area (Å²) in [5.41, 5.74) is -4.58. The number of cyclic esters (lactones) is 1. The Morgan fingerprint density at radius 3 is 2.47 bits per heavy atom. The van der Waals surface area contributed by atoms with Crippen molar-refractivity contribution in [2.24, 2.45) is 17.8 Å². The fraction of sp³-hybridized carbons (Fsp3) is 0.682. The van der Waals surface area contributed by atoms with E-state index in [9.17, 15) is 24.3 Å². The lowest BCUT2D eigenvalue weighted by atomic mass is 9.73. The molecule has 3 aliphatic heterocycles. The number of unbranched alkanes of at least 4 members (excludes halogenated alkanes) is 1. The number of methoxy groups -OCH3 is 1. The summed E-state index contributed by atoms with van der Waals surface area (Å²) in [6.45, 7) is 17.4. The number of rotatable bonds is 13. The average Bonchev–Trinajstić information content (AvgIpc) is 3.80.